The molecule has 15 heavy (non-hydrogen) atoms. The van der Waals surface area contributed by atoms with Gasteiger partial charge >= 0.3 is 0 Å². The Labute approximate surface area is 90.2 Å². The first-order valence-corrected chi connectivity index (χ1v) is 5.32. The number of carbonyl (C=O) groups excluding carboxylic acids is 1. The minimum absolute atomic E-state index is 0.0453. The van der Waals surface area contributed by atoms with Crippen LogP contribution in [0.2, 0.25) is 0 Å². The zero-order valence-electron chi connectivity index (χ0n) is 9.32. The number of amides is 1. The molecule has 0 bridgehead atoms. The van der Waals surface area contributed by atoms with E-state index in [0.717, 1.165) is 13.0 Å². The van der Waals surface area contributed by atoms with Gasteiger partial charge in [0.25, 0.3) is 0 Å². The third kappa shape index (κ3) is 3.44. The van der Waals surface area contributed by atoms with Gasteiger partial charge in [0.15, 0.2) is 0 Å². The Kier molecular flexibility index (Phi) is 5.01. The van der Waals surface area contributed by atoms with Crippen LogP contribution in [0.1, 0.15) is 13.3 Å². The first-order valence-electron chi connectivity index (χ1n) is 5.32. The van der Waals surface area contributed by atoms with Crippen molar-refractivity contribution in [3.8, 4) is 0 Å². The number of carbonyl (C=O) groups is 1. The van der Waals surface area contributed by atoms with E-state index in [4.69, 9.17) is 9.84 Å². The van der Waals surface area contributed by atoms with Crippen LogP contribution in [0.3, 0.4) is 0 Å². The lowest BCUT2D eigenvalue weighted by Crippen LogP contribution is -2.49. The lowest BCUT2D eigenvalue weighted by Gasteiger charge is -2.20. The van der Waals surface area contributed by atoms with Crippen molar-refractivity contribution in [3.63, 3.8) is 0 Å². The molecular formula is C10H20N2O3. The number of rotatable bonds is 5. The van der Waals surface area contributed by atoms with Crippen molar-refractivity contribution in [1.29, 1.82) is 0 Å². The third-order valence-electron chi connectivity index (χ3n) is 2.75. The molecule has 3 N–H and O–H groups in total. The van der Waals surface area contributed by atoms with Gasteiger partial charge in [0, 0.05) is 7.11 Å². The van der Waals surface area contributed by atoms with Crippen LogP contribution in [0.25, 0.3) is 0 Å². The Morgan fingerprint density at radius 1 is 1.73 bits per heavy atom. The van der Waals surface area contributed by atoms with Crippen molar-refractivity contribution in [2.75, 3.05) is 26.9 Å². The average Bonchev–Trinajstić information content (AvgIpc) is 2.63. The van der Waals surface area contributed by atoms with Crippen molar-refractivity contribution in [1.82, 2.24) is 10.6 Å². The molecule has 1 aliphatic rings. The predicted molar refractivity (Wildman–Crippen MR) is 56.5 cm³/mol. The van der Waals surface area contributed by atoms with Crippen LogP contribution >= 0.6 is 0 Å². The van der Waals surface area contributed by atoms with E-state index < -0.39 is 0 Å². The first-order chi connectivity index (χ1) is 7.19. The molecule has 1 aliphatic heterocycles. The van der Waals surface area contributed by atoms with Crippen LogP contribution in [-0.2, 0) is 9.53 Å². The number of hydrogen-bond acceptors (Lipinski definition) is 4. The van der Waals surface area contributed by atoms with E-state index in [1.165, 1.54) is 0 Å². The quantitative estimate of drug-likeness (QED) is 0.557. The minimum atomic E-state index is -0.308. The van der Waals surface area contributed by atoms with Crippen molar-refractivity contribution in [2.24, 2.45) is 5.92 Å². The predicted octanol–water partition coefficient (Wildman–Crippen LogP) is -0.892. The standard InChI is InChI=1S/C10H20N2O3/c1-7-3-4-11-9(7)10(14)12-8(5-13)6-15-2/h7-9,11,13H,3-6H2,1-2H3,(H,12,14). The van der Waals surface area contributed by atoms with E-state index in [1.54, 1.807) is 7.11 Å². The first kappa shape index (κ1) is 12.4. The lowest BCUT2D eigenvalue weighted by atomic mass is 10.0. The molecule has 3 atom stereocenters. The highest BCUT2D eigenvalue weighted by Gasteiger charge is 2.30. The summed E-state index contributed by atoms with van der Waals surface area (Å²) in [7, 11) is 1.55. The summed E-state index contributed by atoms with van der Waals surface area (Å²) in [6.45, 7) is 3.17. The summed E-state index contributed by atoms with van der Waals surface area (Å²) in [4.78, 5) is 11.8. The Bertz CT molecular complexity index is 211. The second-order valence-electron chi connectivity index (χ2n) is 4.04. The van der Waals surface area contributed by atoms with Gasteiger partial charge in [-0.25, -0.2) is 0 Å². The van der Waals surface area contributed by atoms with E-state index in [9.17, 15) is 4.79 Å². The number of nitrogens with one attached hydrogen (secondary N) is 2. The largest absolute Gasteiger partial charge is 0.394 e. The molecule has 0 aliphatic carbocycles. The maximum atomic E-state index is 11.8. The van der Waals surface area contributed by atoms with Gasteiger partial charge in [0.2, 0.25) is 5.91 Å². The monoisotopic (exact) mass is 216 g/mol. The van der Waals surface area contributed by atoms with Gasteiger partial charge in [-0.3, -0.25) is 4.79 Å². The van der Waals surface area contributed by atoms with Crippen LogP contribution < -0.4 is 10.6 Å². The smallest absolute Gasteiger partial charge is 0.237 e. The molecular weight excluding hydrogens is 196 g/mol. The molecule has 5 nitrogen and oxygen atoms in total. The summed E-state index contributed by atoms with van der Waals surface area (Å²) < 4.78 is 4.89. The zero-order chi connectivity index (χ0) is 11.3. The number of aliphatic hydroxyl groups excluding tert-OH is 1. The van der Waals surface area contributed by atoms with Crippen LogP contribution in [0, 0.1) is 5.92 Å². The third-order valence-corrected chi connectivity index (χ3v) is 2.75. The van der Waals surface area contributed by atoms with Gasteiger partial charge in [-0.05, 0) is 18.9 Å². The molecule has 1 fully saturated rings. The Hall–Kier alpha value is -0.650. The summed E-state index contributed by atoms with van der Waals surface area (Å²) in [6.07, 6.45) is 1.02. The summed E-state index contributed by atoms with van der Waals surface area (Å²) in [5.41, 5.74) is 0. The summed E-state index contributed by atoms with van der Waals surface area (Å²) >= 11 is 0. The highest BCUT2D eigenvalue weighted by Crippen LogP contribution is 2.14. The molecule has 1 saturated heterocycles. The van der Waals surface area contributed by atoms with Crippen LogP contribution in [0.15, 0.2) is 0 Å². The Morgan fingerprint density at radius 3 is 2.93 bits per heavy atom. The summed E-state index contributed by atoms with van der Waals surface area (Å²) in [6, 6.07) is -0.437. The minimum Gasteiger partial charge on any atom is -0.394 e. The molecule has 0 radical (unpaired) electrons. The summed E-state index contributed by atoms with van der Waals surface area (Å²) in [5.74, 6) is 0.308. The van der Waals surface area contributed by atoms with E-state index in [-0.39, 0.29) is 24.6 Å². The normalized spacial score (nSPS) is 27.7. The molecule has 1 rings (SSSR count). The second kappa shape index (κ2) is 6.05. The van der Waals surface area contributed by atoms with Crippen LogP contribution in [0.5, 0.6) is 0 Å². The molecule has 3 unspecified atom stereocenters. The molecule has 0 saturated carbocycles. The van der Waals surface area contributed by atoms with Crippen molar-refractivity contribution in [2.45, 2.75) is 25.4 Å². The van der Waals surface area contributed by atoms with Gasteiger partial charge in [-0.15, -0.1) is 0 Å². The van der Waals surface area contributed by atoms with Gasteiger partial charge in [0.1, 0.15) is 0 Å². The molecule has 0 aromatic carbocycles. The highest BCUT2D eigenvalue weighted by atomic mass is 16.5. The second-order valence-corrected chi connectivity index (χ2v) is 4.04. The van der Waals surface area contributed by atoms with Gasteiger partial charge in [-0.1, -0.05) is 6.92 Å². The van der Waals surface area contributed by atoms with Crippen LogP contribution in [-0.4, -0.2) is 50.0 Å². The van der Waals surface area contributed by atoms with E-state index in [2.05, 4.69) is 17.6 Å². The molecule has 1 amide bonds. The van der Waals surface area contributed by atoms with Crippen molar-refractivity contribution < 1.29 is 14.6 Å². The fourth-order valence-corrected chi connectivity index (χ4v) is 1.82. The maximum Gasteiger partial charge on any atom is 0.237 e. The average molecular weight is 216 g/mol. The van der Waals surface area contributed by atoms with Gasteiger partial charge in [-0.2, -0.15) is 0 Å². The fourth-order valence-electron chi connectivity index (χ4n) is 1.82. The SMILES string of the molecule is COCC(CO)NC(=O)C1NCCC1C. The molecule has 0 spiro atoms. The Morgan fingerprint density at radius 2 is 2.47 bits per heavy atom. The molecule has 0 aromatic heterocycles. The molecule has 1 heterocycles. The molecule has 5 heteroatoms. The highest BCUT2D eigenvalue weighted by molar-refractivity contribution is 5.82. The van der Waals surface area contributed by atoms with Gasteiger partial charge < -0.3 is 20.5 Å². The fraction of sp³-hybridized carbons (Fsp3) is 0.900. The summed E-state index contributed by atoms with van der Waals surface area (Å²) in [5, 5.41) is 14.9. The number of ether oxygens (including phenoxy) is 1. The van der Waals surface area contributed by atoms with Crippen molar-refractivity contribution >= 4 is 5.91 Å². The molecule has 88 valence electrons. The van der Waals surface area contributed by atoms with E-state index in [1.807, 2.05) is 0 Å². The van der Waals surface area contributed by atoms with E-state index in [0.29, 0.717) is 12.5 Å². The molecule has 0 aromatic rings. The maximum absolute atomic E-state index is 11.8. The number of aliphatic hydroxyl groups is 1. The lowest BCUT2D eigenvalue weighted by molar-refractivity contribution is -0.125. The number of hydrogen-bond donors (Lipinski definition) is 3. The van der Waals surface area contributed by atoms with Crippen LogP contribution in [0.4, 0.5) is 0 Å². The number of methoxy groups -OCH3 is 1. The zero-order valence-corrected chi connectivity index (χ0v) is 9.32. The van der Waals surface area contributed by atoms with Gasteiger partial charge in [0.05, 0.1) is 25.3 Å². The topological polar surface area (TPSA) is 70.6 Å². The Balaban J connectivity index is 2.39. The van der Waals surface area contributed by atoms with Crippen molar-refractivity contribution in [3.05, 3.63) is 0 Å². The van der Waals surface area contributed by atoms with E-state index >= 15 is 0 Å².